The first-order valence-corrected chi connectivity index (χ1v) is 11.2. The fourth-order valence-electron chi connectivity index (χ4n) is 4.28. The van der Waals surface area contributed by atoms with Crippen LogP contribution < -0.4 is 4.90 Å². The second-order valence-electron chi connectivity index (χ2n) is 8.25. The number of carbonyl (C=O) groups is 1. The first kappa shape index (κ1) is 21.9. The van der Waals surface area contributed by atoms with Gasteiger partial charge >= 0.3 is 0 Å². The summed E-state index contributed by atoms with van der Waals surface area (Å²) in [6, 6.07) is 18.0. The lowest BCUT2D eigenvalue weighted by molar-refractivity contribution is 0.0785. The van der Waals surface area contributed by atoms with E-state index < -0.39 is 0 Å². The van der Waals surface area contributed by atoms with Gasteiger partial charge in [0.15, 0.2) is 5.82 Å². The molecule has 1 amide bonds. The molecule has 0 saturated carbocycles. The zero-order valence-corrected chi connectivity index (χ0v) is 19.0. The van der Waals surface area contributed by atoms with E-state index in [9.17, 15) is 9.18 Å². The van der Waals surface area contributed by atoms with Crippen molar-refractivity contribution in [2.75, 3.05) is 38.3 Å². The predicted molar refractivity (Wildman–Crippen MR) is 128 cm³/mol. The molecule has 0 unspecified atom stereocenters. The molecule has 0 radical (unpaired) electrons. The van der Waals surface area contributed by atoms with E-state index in [-0.39, 0.29) is 11.7 Å². The van der Waals surface area contributed by atoms with Gasteiger partial charge in [-0.15, -0.1) is 0 Å². The third-order valence-corrected chi connectivity index (χ3v) is 5.99. The molecule has 174 valence electrons. The van der Waals surface area contributed by atoms with Gasteiger partial charge in [0.05, 0.1) is 25.1 Å². The summed E-state index contributed by atoms with van der Waals surface area (Å²) in [5.74, 6) is 0.136. The van der Waals surface area contributed by atoms with Crippen LogP contribution in [0.5, 0.6) is 0 Å². The van der Waals surface area contributed by atoms with Gasteiger partial charge < -0.3 is 19.1 Å². The lowest BCUT2D eigenvalue weighted by Gasteiger charge is -2.31. The normalized spacial score (nSPS) is 13.8. The number of rotatable bonds is 6. The fraction of sp³-hybridized carbons (Fsp3) is 0.231. The first-order chi connectivity index (χ1) is 16.6. The van der Waals surface area contributed by atoms with E-state index >= 15 is 0 Å². The van der Waals surface area contributed by atoms with Gasteiger partial charge in [-0.2, -0.15) is 5.10 Å². The van der Waals surface area contributed by atoms with Gasteiger partial charge in [0.1, 0.15) is 11.4 Å². The largest absolute Gasteiger partial charge is 0.378 e. The van der Waals surface area contributed by atoms with Crippen molar-refractivity contribution in [2.45, 2.75) is 6.54 Å². The van der Waals surface area contributed by atoms with Crippen LogP contribution in [0.2, 0.25) is 0 Å². The number of morpholine rings is 1. The number of anilines is 1. The molecule has 0 bridgehead atoms. The SMILES string of the molecule is CN(Cc1ccccc1N1CCOCC1)C(=O)c1cnn(-c2ccc(F)cc2)c1-n1cccc1. The molecule has 4 aromatic rings. The van der Waals surface area contributed by atoms with Crippen molar-refractivity contribution in [3.63, 3.8) is 0 Å². The molecular weight excluding hydrogens is 433 g/mol. The van der Waals surface area contributed by atoms with Crippen molar-refractivity contribution in [1.82, 2.24) is 19.2 Å². The Labute approximate surface area is 197 Å². The van der Waals surface area contributed by atoms with E-state index in [0.717, 1.165) is 24.3 Å². The highest BCUT2D eigenvalue weighted by Crippen LogP contribution is 2.25. The van der Waals surface area contributed by atoms with Crippen LogP contribution in [-0.2, 0) is 11.3 Å². The molecule has 5 rings (SSSR count). The Hall–Kier alpha value is -3.91. The molecule has 0 spiro atoms. The maximum absolute atomic E-state index is 13.6. The van der Waals surface area contributed by atoms with Crippen LogP contribution >= 0.6 is 0 Å². The Morgan fingerprint density at radius 2 is 1.74 bits per heavy atom. The molecule has 8 heteroatoms. The zero-order chi connectivity index (χ0) is 23.5. The molecular formula is C26H26FN5O2. The van der Waals surface area contributed by atoms with E-state index in [0.29, 0.717) is 36.8 Å². The Bertz CT molecular complexity index is 1260. The van der Waals surface area contributed by atoms with Crippen LogP contribution in [0.15, 0.2) is 79.3 Å². The summed E-state index contributed by atoms with van der Waals surface area (Å²) >= 11 is 0. The molecule has 3 heterocycles. The summed E-state index contributed by atoms with van der Waals surface area (Å²) in [7, 11) is 1.80. The minimum Gasteiger partial charge on any atom is -0.378 e. The average molecular weight is 460 g/mol. The predicted octanol–water partition coefficient (Wildman–Crippen LogP) is 3.91. The maximum atomic E-state index is 13.6. The van der Waals surface area contributed by atoms with E-state index in [4.69, 9.17) is 4.74 Å². The highest BCUT2D eigenvalue weighted by atomic mass is 19.1. The molecule has 1 saturated heterocycles. The molecule has 2 aromatic carbocycles. The number of benzene rings is 2. The number of amides is 1. The lowest BCUT2D eigenvalue weighted by Crippen LogP contribution is -2.37. The summed E-state index contributed by atoms with van der Waals surface area (Å²) in [4.78, 5) is 17.6. The molecule has 1 aliphatic heterocycles. The Balaban J connectivity index is 1.46. The summed E-state index contributed by atoms with van der Waals surface area (Å²) in [5.41, 5.74) is 3.34. The molecule has 34 heavy (non-hydrogen) atoms. The minimum atomic E-state index is -0.326. The summed E-state index contributed by atoms with van der Waals surface area (Å²) in [5, 5.41) is 4.48. The molecule has 1 aliphatic rings. The molecule has 0 N–H and O–H groups in total. The van der Waals surface area contributed by atoms with Gasteiger partial charge in [0.2, 0.25) is 0 Å². The van der Waals surface area contributed by atoms with Crippen LogP contribution in [0, 0.1) is 5.82 Å². The second kappa shape index (κ2) is 9.52. The van der Waals surface area contributed by atoms with Crippen molar-refractivity contribution in [3.05, 3.63) is 96.2 Å². The van der Waals surface area contributed by atoms with Crippen molar-refractivity contribution < 1.29 is 13.9 Å². The maximum Gasteiger partial charge on any atom is 0.259 e. The van der Waals surface area contributed by atoms with Crippen molar-refractivity contribution in [3.8, 4) is 11.5 Å². The smallest absolute Gasteiger partial charge is 0.259 e. The lowest BCUT2D eigenvalue weighted by atomic mass is 10.1. The van der Waals surface area contributed by atoms with E-state index in [1.807, 2.05) is 41.2 Å². The second-order valence-corrected chi connectivity index (χ2v) is 8.25. The van der Waals surface area contributed by atoms with E-state index in [2.05, 4.69) is 22.1 Å². The summed E-state index contributed by atoms with van der Waals surface area (Å²) in [6.07, 6.45) is 5.30. The van der Waals surface area contributed by atoms with Crippen LogP contribution in [-0.4, -0.2) is 58.5 Å². The monoisotopic (exact) mass is 459 g/mol. The van der Waals surface area contributed by atoms with Gasteiger partial charge in [0, 0.05) is 44.8 Å². The molecule has 7 nitrogen and oxygen atoms in total. The number of para-hydroxylation sites is 1. The highest BCUT2D eigenvalue weighted by Gasteiger charge is 2.24. The van der Waals surface area contributed by atoms with Gasteiger partial charge in [-0.1, -0.05) is 18.2 Å². The van der Waals surface area contributed by atoms with Crippen molar-refractivity contribution in [2.24, 2.45) is 0 Å². The number of halogens is 1. The highest BCUT2D eigenvalue weighted by molar-refractivity contribution is 5.97. The quantitative estimate of drug-likeness (QED) is 0.439. The molecule has 0 atom stereocenters. The molecule has 2 aromatic heterocycles. The third-order valence-electron chi connectivity index (χ3n) is 5.99. The van der Waals surface area contributed by atoms with Crippen LogP contribution in [0.4, 0.5) is 10.1 Å². The van der Waals surface area contributed by atoms with Crippen LogP contribution in [0.3, 0.4) is 0 Å². The minimum absolute atomic E-state index is 0.145. The summed E-state index contributed by atoms with van der Waals surface area (Å²) in [6.45, 7) is 3.52. The van der Waals surface area contributed by atoms with Crippen molar-refractivity contribution in [1.29, 1.82) is 0 Å². The topological polar surface area (TPSA) is 55.5 Å². The van der Waals surface area contributed by atoms with E-state index in [1.54, 1.807) is 35.0 Å². The number of carbonyl (C=O) groups excluding carboxylic acids is 1. The number of aromatic nitrogens is 3. The Morgan fingerprint density at radius 3 is 2.47 bits per heavy atom. The number of hydrogen-bond acceptors (Lipinski definition) is 4. The fourth-order valence-corrected chi connectivity index (χ4v) is 4.28. The van der Waals surface area contributed by atoms with Crippen LogP contribution in [0.25, 0.3) is 11.5 Å². The number of hydrogen-bond donors (Lipinski definition) is 0. The standard InChI is InChI=1S/C26H26FN5O2/c1-29(19-20-6-2-3-7-24(20)30-14-16-34-17-15-30)26(33)23-18-28-32(22-10-8-21(27)9-11-22)25(23)31-12-4-5-13-31/h2-13,18H,14-17,19H2,1H3. The van der Waals surface area contributed by atoms with Gasteiger partial charge in [0.25, 0.3) is 5.91 Å². The zero-order valence-electron chi connectivity index (χ0n) is 19.0. The van der Waals surface area contributed by atoms with Gasteiger partial charge in [-0.3, -0.25) is 4.79 Å². The average Bonchev–Trinajstić information content (AvgIpc) is 3.55. The van der Waals surface area contributed by atoms with Crippen molar-refractivity contribution >= 4 is 11.6 Å². The Morgan fingerprint density at radius 1 is 1.03 bits per heavy atom. The van der Waals surface area contributed by atoms with Crippen LogP contribution in [0.1, 0.15) is 15.9 Å². The van der Waals surface area contributed by atoms with Gasteiger partial charge in [-0.25, -0.2) is 9.07 Å². The Kier molecular flexibility index (Phi) is 6.14. The third kappa shape index (κ3) is 4.32. The van der Waals surface area contributed by atoms with E-state index in [1.165, 1.54) is 12.1 Å². The van der Waals surface area contributed by atoms with Gasteiger partial charge in [-0.05, 0) is 48.0 Å². The summed E-state index contributed by atoms with van der Waals surface area (Å²) < 4.78 is 22.5. The number of nitrogens with zero attached hydrogens (tertiary/aromatic N) is 5. The first-order valence-electron chi connectivity index (χ1n) is 11.2. The number of ether oxygens (including phenoxy) is 1. The molecule has 0 aliphatic carbocycles. The molecule has 1 fully saturated rings.